The molecule has 2 aromatic rings. The van der Waals surface area contributed by atoms with Crippen molar-refractivity contribution < 1.29 is 8.60 Å². The first-order valence-electron chi connectivity index (χ1n) is 5.29. The van der Waals surface area contributed by atoms with Crippen molar-refractivity contribution in [3.8, 4) is 0 Å². The highest BCUT2D eigenvalue weighted by Gasteiger charge is 2.14. The third-order valence-electron chi connectivity index (χ3n) is 2.68. The fourth-order valence-electron chi connectivity index (χ4n) is 1.97. The van der Waals surface area contributed by atoms with Crippen molar-refractivity contribution in [2.75, 3.05) is 12.0 Å². The minimum Gasteiger partial charge on any atom is -0.331 e. The normalized spacial score (nSPS) is 14.9. The average Bonchev–Trinajstić information content (AvgIpc) is 2.53. The molecule has 2 unspecified atom stereocenters. The number of benzene rings is 1. The van der Waals surface area contributed by atoms with Crippen LogP contribution in [0.3, 0.4) is 0 Å². The summed E-state index contributed by atoms with van der Waals surface area (Å²) < 4.78 is 27.6. The van der Waals surface area contributed by atoms with E-state index in [0.29, 0.717) is 20.5 Å². The van der Waals surface area contributed by atoms with Gasteiger partial charge in [-0.05, 0) is 41.1 Å². The molecular weight excluding hydrogens is 339 g/mol. The van der Waals surface area contributed by atoms with Gasteiger partial charge in [0.2, 0.25) is 0 Å². The second-order valence-corrected chi connectivity index (χ2v) is 6.89. The predicted molar refractivity (Wildman–Crippen MR) is 78.4 cm³/mol. The van der Waals surface area contributed by atoms with Gasteiger partial charge in [-0.1, -0.05) is 0 Å². The lowest BCUT2D eigenvalue weighted by Gasteiger charge is -2.13. The molecule has 1 heterocycles. The van der Waals surface area contributed by atoms with Gasteiger partial charge < -0.3 is 9.55 Å². The largest absolute Gasteiger partial charge is 0.331 e. The van der Waals surface area contributed by atoms with Gasteiger partial charge in [-0.25, -0.2) is 4.39 Å². The summed E-state index contributed by atoms with van der Waals surface area (Å²) in [4.78, 5) is 3.03. The first kappa shape index (κ1) is 13.9. The van der Waals surface area contributed by atoms with Crippen molar-refractivity contribution in [1.82, 2.24) is 9.55 Å². The maximum Gasteiger partial charge on any atom is 0.178 e. The van der Waals surface area contributed by atoms with Gasteiger partial charge in [0.25, 0.3) is 0 Å². The fraction of sp³-hybridized carbons (Fsp3) is 0.364. The zero-order valence-corrected chi connectivity index (χ0v) is 13.1. The molecule has 1 aromatic heterocycles. The molecule has 1 N–H and O–H groups in total. The summed E-state index contributed by atoms with van der Waals surface area (Å²) >= 11 is 8.38. The van der Waals surface area contributed by atoms with E-state index in [1.165, 1.54) is 6.07 Å². The lowest BCUT2D eigenvalue weighted by molar-refractivity contribution is 0.599. The number of hydrogen-bond donors (Lipinski definition) is 1. The molecule has 0 fully saturated rings. The van der Waals surface area contributed by atoms with Crippen LogP contribution in [0.2, 0.25) is 0 Å². The summed E-state index contributed by atoms with van der Waals surface area (Å²) in [5.74, 6) is 0.147. The highest BCUT2D eigenvalue weighted by Crippen LogP contribution is 2.25. The lowest BCUT2D eigenvalue weighted by atomic mass is 10.3. The minimum atomic E-state index is -0.925. The van der Waals surface area contributed by atoms with Crippen molar-refractivity contribution >= 4 is 50.0 Å². The highest BCUT2D eigenvalue weighted by atomic mass is 79.9. The molecule has 0 amide bonds. The number of halogens is 2. The lowest BCUT2D eigenvalue weighted by Crippen LogP contribution is -2.12. The molecule has 98 valence electrons. The second kappa shape index (κ2) is 5.22. The molecule has 7 heteroatoms. The van der Waals surface area contributed by atoms with Crippen molar-refractivity contribution in [3.05, 3.63) is 27.2 Å². The number of nitrogens with one attached hydrogen (secondary N) is 1. The molecule has 2 atom stereocenters. The van der Waals surface area contributed by atoms with Crippen molar-refractivity contribution in [2.45, 2.75) is 13.0 Å². The summed E-state index contributed by atoms with van der Waals surface area (Å²) in [7, 11) is -0.925. The molecule has 2 rings (SSSR count). The fourth-order valence-corrected chi connectivity index (χ4v) is 3.53. The van der Waals surface area contributed by atoms with Crippen LogP contribution < -0.4 is 0 Å². The van der Waals surface area contributed by atoms with Gasteiger partial charge in [-0.15, -0.1) is 0 Å². The van der Waals surface area contributed by atoms with E-state index in [0.717, 1.165) is 5.52 Å². The quantitative estimate of drug-likeness (QED) is 0.859. The number of H-pyrrole nitrogens is 1. The van der Waals surface area contributed by atoms with E-state index >= 15 is 0 Å². The summed E-state index contributed by atoms with van der Waals surface area (Å²) in [6, 6.07) is 3.05. The Kier molecular flexibility index (Phi) is 4.03. The van der Waals surface area contributed by atoms with Crippen molar-refractivity contribution in [3.63, 3.8) is 0 Å². The number of imidazole rings is 1. The Bertz CT molecular complexity index is 679. The Balaban J connectivity index is 2.63. The molecule has 0 aliphatic carbocycles. The second-order valence-electron chi connectivity index (χ2n) is 4.17. The Labute approximate surface area is 120 Å². The van der Waals surface area contributed by atoms with Crippen LogP contribution in [-0.4, -0.2) is 25.8 Å². The van der Waals surface area contributed by atoms with Crippen LogP contribution >= 0.6 is 28.1 Å². The maximum absolute atomic E-state index is 13.6. The molecule has 0 spiro atoms. The number of hydrogen-bond acceptors (Lipinski definition) is 2. The Morgan fingerprint density at radius 2 is 2.28 bits per heavy atom. The van der Waals surface area contributed by atoms with Crippen molar-refractivity contribution in [1.29, 1.82) is 0 Å². The molecule has 0 saturated heterocycles. The molecule has 0 aliphatic rings. The zero-order chi connectivity index (χ0) is 13.4. The monoisotopic (exact) mass is 350 g/mol. The van der Waals surface area contributed by atoms with E-state index in [1.807, 2.05) is 11.5 Å². The maximum atomic E-state index is 13.6. The predicted octanol–water partition coefficient (Wildman–Crippen LogP) is 3.54. The zero-order valence-electron chi connectivity index (χ0n) is 9.87. The summed E-state index contributed by atoms with van der Waals surface area (Å²) in [6.07, 6.45) is 1.64. The topological polar surface area (TPSA) is 37.8 Å². The third kappa shape index (κ3) is 2.57. The molecular formula is C11H12BrFN2OS2. The average molecular weight is 351 g/mol. The molecule has 0 radical (unpaired) electrons. The molecule has 3 nitrogen and oxygen atoms in total. The minimum absolute atomic E-state index is 0.0438. The Morgan fingerprint density at radius 1 is 1.61 bits per heavy atom. The Hall–Kier alpha value is -0.530. The van der Waals surface area contributed by atoms with E-state index in [4.69, 9.17) is 12.2 Å². The van der Waals surface area contributed by atoms with Crippen LogP contribution in [0.4, 0.5) is 4.39 Å². The van der Waals surface area contributed by atoms with E-state index < -0.39 is 10.8 Å². The van der Waals surface area contributed by atoms with Gasteiger partial charge in [0, 0.05) is 34.9 Å². The van der Waals surface area contributed by atoms with Gasteiger partial charge >= 0.3 is 0 Å². The van der Waals surface area contributed by atoms with Crippen LogP contribution in [0.1, 0.15) is 13.0 Å². The van der Waals surface area contributed by atoms with Crippen molar-refractivity contribution in [2.24, 2.45) is 0 Å². The SMILES string of the molecule is CC(CS(C)=O)n1c(=S)[nH]c2cc(Br)c(F)cc21. The number of fused-ring (bicyclic) bond motifs is 1. The first-order chi connectivity index (χ1) is 8.40. The van der Waals surface area contributed by atoms with E-state index in [9.17, 15) is 8.60 Å². The van der Waals surface area contributed by atoms with E-state index in [-0.39, 0.29) is 11.9 Å². The molecule has 0 aliphatic heterocycles. The van der Waals surface area contributed by atoms with Crippen LogP contribution in [0, 0.1) is 10.6 Å². The first-order valence-corrected chi connectivity index (χ1v) is 8.22. The van der Waals surface area contributed by atoms with Crippen LogP contribution in [0.15, 0.2) is 16.6 Å². The summed E-state index contributed by atoms with van der Waals surface area (Å²) in [5.41, 5.74) is 1.46. The third-order valence-corrected chi connectivity index (χ3v) is 4.53. The van der Waals surface area contributed by atoms with Crippen LogP contribution in [0.25, 0.3) is 11.0 Å². The number of rotatable bonds is 3. The summed E-state index contributed by atoms with van der Waals surface area (Å²) in [5, 5.41) is 0. The number of nitrogens with zero attached hydrogens (tertiary/aromatic N) is 1. The van der Waals surface area contributed by atoms with Gasteiger partial charge in [0.1, 0.15) is 5.82 Å². The van der Waals surface area contributed by atoms with Gasteiger partial charge in [-0.2, -0.15) is 0 Å². The molecule has 0 saturated carbocycles. The van der Waals surface area contributed by atoms with Gasteiger partial charge in [0.15, 0.2) is 4.77 Å². The molecule has 0 bridgehead atoms. The summed E-state index contributed by atoms with van der Waals surface area (Å²) in [6.45, 7) is 1.92. The number of aromatic amines is 1. The van der Waals surface area contributed by atoms with E-state index in [1.54, 1.807) is 12.3 Å². The van der Waals surface area contributed by atoms with Gasteiger partial charge in [-0.3, -0.25) is 4.21 Å². The molecule has 1 aromatic carbocycles. The highest BCUT2D eigenvalue weighted by molar-refractivity contribution is 9.10. The van der Waals surface area contributed by atoms with E-state index in [2.05, 4.69) is 20.9 Å². The standard InChI is InChI=1S/C11H12BrFN2OS2/c1-6(5-18(2)16)15-10-4-8(13)7(12)3-9(10)14-11(15)17/h3-4,6H,5H2,1-2H3,(H,14,17). The Morgan fingerprint density at radius 3 is 2.89 bits per heavy atom. The number of aromatic nitrogens is 2. The smallest absolute Gasteiger partial charge is 0.178 e. The molecule has 18 heavy (non-hydrogen) atoms. The van der Waals surface area contributed by atoms with Gasteiger partial charge in [0.05, 0.1) is 15.5 Å². The van der Waals surface area contributed by atoms with Crippen LogP contribution in [-0.2, 0) is 10.8 Å². The van der Waals surface area contributed by atoms with Crippen LogP contribution in [0.5, 0.6) is 0 Å².